The van der Waals surface area contributed by atoms with Crippen molar-refractivity contribution in [3.8, 4) is 28.1 Å². The van der Waals surface area contributed by atoms with Crippen LogP contribution in [0.1, 0.15) is 24.8 Å². The molecule has 2 nitrogen and oxygen atoms in total. The summed E-state index contributed by atoms with van der Waals surface area (Å²) in [6, 6.07) is 21.6. The zero-order valence-corrected chi connectivity index (χ0v) is 14.0. The molecule has 0 saturated heterocycles. The van der Waals surface area contributed by atoms with Crippen LogP contribution >= 0.6 is 0 Å². The SMILES string of the molecule is COc1ccccc1-c1ccc2[n+](c1)C1(C)CC1c1ccccc1-2. The molecule has 2 heteroatoms. The van der Waals surface area contributed by atoms with E-state index in [0.717, 1.165) is 11.3 Å². The highest BCUT2D eigenvalue weighted by atomic mass is 16.5. The number of ether oxygens (including phenoxy) is 1. The van der Waals surface area contributed by atoms with Crippen LogP contribution in [-0.2, 0) is 5.54 Å². The van der Waals surface area contributed by atoms with E-state index in [-0.39, 0.29) is 5.54 Å². The zero-order valence-electron chi connectivity index (χ0n) is 14.0. The van der Waals surface area contributed by atoms with E-state index in [4.69, 9.17) is 4.74 Å². The van der Waals surface area contributed by atoms with Crippen molar-refractivity contribution in [3.63, 3.8) is 0 Å². The average Bonchev–Trinajstić information content (AvgIpc) is 3.35. The van der Waals surface area contributed by atoms with Crippen LogP contribution in [0.3, 0.4) is 0 Å². The quantitative estimate of drug-likeness (QED) is 0.633. The van der Waals surface area contributed by atoms with Crippen molar-refractivity contribution in [2.75, 3.05) is 7.11 Å². The minimum atomic E-state index is 0.210. The number of aromatic nitrogens is 1. The summed E-state index contributed by atoms with van der Waals surface area (Å²) in [5.74, 6) is 1.56. The fraction of sp³-hybridized carbons (Fsp3) is 0.227. The molecule has 5 rings (SSSR count). The van der Waals surface area contributed by atoms with Gasteiger partial charge < -0.3 is 4.74 Å². The monoisotopic (exact) mass is 314 g/mol. The predicted molar refractivity (Wildman–Crippen MR) is 95.1 cm³/mol. The number of nitrogens with zero attached hydrogens (tertiary/aromatic N) is 1. The Morgan fingerprint density at radius 3 is 2.54 bits per heavy atom. The lowest BCUT2D eigenvalue weighted by Gasteiger charge is -2.20. The normalized spacial score (nSPS) is 23.0. The average molecular weight is 314 g/mol. The van der Waals surface area contributed by atoms with E-state index in [0.29, 0.717) is 5.92 Å². The van der Waals surface area contributed by atoms with Crippen molar-refractivity contribution in [1.29, 1.82) is 0 Å². The third-order valence-corrected chi connectivity index (χ3v) is 5.74. The molecule has 2 unspecified atom stereocenters. The molecule has 1 aliphatic heterocycles. The molecular formula is C22H20NO+. The Kier molecular flexibility index (Phi) is 2.70. The molecule has 1 aromatic heterocycles. The van der Waals surface area contributed by atoms with Gasteiger partial charge in [-0.3, -0.25) is 0 Å². The van der Waals surface area contributed by atoms with E-state index in [2.05, 4.69) is 66.2 Å². The maximum absolute atomic E-state index is 5.55. The number of rotatable bonds is 2. The second-order valence-corrected chi connectivity index (χ2v) is 7.07. The lowest BCUT2D eigenvalue weighted by Crippen LogP contribution is -2.49. The van der Waals surface area contributed by atoms with Crippen molar-refractivity contribution in [3.05, 3.63) is 72.4 Å². The first-order valence-electron chi connectivity index (χ1n) is 8.51. The number of hydrogen-bond acceptors (Lipinski definition) is 1. The smallest absolute Gasteiger partial charge is 0.213 e. The van der Waals surface area contributed by atoms with Gasteiger partial charge >= 0.3 is 0 Å². The van der Waals surface area contributed by atoms with Gasteiger partial charge in [-0.15, -0.1) is 0 Å². The fourth-order valence-corrected chi connectivity index (χ4v) is 4.28. The van der Waals surface area contributed by atoms with Crippen LogP contribution in [0, 0.1) is 0 Å². The van der Waals surface area contributed by atoms with Gasteiger partial charge in [0.15, 0.2) is 11.7 Å². The molecular weight excluding hydrogens is 294 g/mol. The summed E-state index contributed by atoms with van der Waals surface area (Å²) in [6.45, 7) is 2.38. The van der Waals surface area contributed by atoms with Crippen molar-refractivity contribution < 1.29 is 9.30 Å². The first kappa shape index (κ1) is 13.8. The molecule has 118 valence electrons. The molecule has 2 atom stereocenters. The van der Waals surface area contributed by atoms with Gasteiger partial charge in [-0.2, -0.15) is 4.57 Å². The van der Waals surface area contributed by atoms with E-state index in [1.54, 1.807) is 7.11 Å². The molecule has 1 aliphatic carbocycles. The summed E-state index contributed by atoms with van der Waals surface area (Å²) in [6.07, 6.45) is 3.53. The van der Waals surface area contributed by atoms with E-state index in [9.17, 15) is 0 Å². The number of hydrogen-bond donors (Lipinski definition) is 0. The summed E-state index contributed by atoms with van der Waals surface area (Å²) in [7, 11) is 1.73. The Bertz CT molecular complexity index is 962. The second-order valence-electron chi connectivity index (χ2n) is 7.07. The van der Waals surface area contributed by atoms with Crippen LogP contribution < -0.4 is 9.30 Å². The van der Waals surface area contributed by atoms with Gasteiger partial charge in [0.1, 0.15) is 5.75 Å². The van der Waals surface area contributed by atoms with Gasteiger partial charge in [-0.05, 0) is 23.8 Å². The van der Waals surface area contributed by atoms with Gasteiger partial charge in [-0.25, -0.2) is 0 Å². The fourth-order valence-electron chi connectivity index (χ4n) is 4.28. The van der Waals surface area contributed by atoms with Gasteiger partial charge in [0.2, 0.25) is 5.69 Å². The molecule has 2 aliphatic rings. The number of fused-ring (bicyclic) bond motifs is 6. The van der Waals surface area contributed by atoms with Gasteiger partial charge in [0.05, 0.1) is 13.0 Å². The standard InChI is InChI=1S/C22H20NO/c1-22-13-19(22)17-8-3-4-9-18(17)20-12-11-15(14-23(20)22)16-7-5-6-10-21(16)24-2/h3-12,14,19H,13H2,1-2H3/q+1. The topological polar surface area (TPSA) is 13.1 Å². The molecule has 1 fully saturated rings. The largest absolute Gasteiger partial charge is 0.496 e. The number of methoxy groups -OCH3 is 1. The van der Waals surface area contributed by atoms with Crippen LogP contribution in [0.5, 0.6) is 5.75 Å². The summed E-state index contributed by atoms with van der Waals surface area (Å²) in [5, 5.41) is 0. The molecule has 0 radical (unpaired) electrons. The number of para-hydroxylation sites is 1. The van der Waals surface area contributed by atoms with Gasteiger partial charge in [-0.1, -0.05) is 36.4 Å². The van der Waals surface area contributed by atoms with Crippen molar-refractivity contribution >= 4 is 0 Å². The number of pyridine rings is 1. The first-order chi connectivity index (χ1) is 11.7. The maximum atomic E-state index is 5.55. The second kappa shape index (κ2) is 4.70. The third kappa shape index (κ3) is 1.74. The van der Waals surface area contributed by atoms with Crippen LogP contribution in [-0.4, -0.2) is 7.11 Å². The summed E-state index contributed by atoms with van der Waals surface area (Å²) in [5.41, 5.74) is 6.77. The Morgan fingerprint density at radius 1 is 0.958 bits per heavy atom. The van der Waals surface area contributed by atoms with E-state index >= 15 is 0 Å². The Labute approximate surface area is 142 Å². The van der Waals surface area contributed by atoms with Crippen molar-refractivity contribution in [1.82, 2.24) is 0 Å². The molecule has 1 saturated carbocycles. The summed E-state index contributed by atoms with van der Waals surface area (Å²) >= 11 is 0. The number of benzene rings is 2. The highest BCUT2D eigenvalue weighted by molar-refractivity contribution is 5.72. The first-order valence-corrected chi connectivity index (χ1v) is 8.51. The molecule has 0 N–H and O–H groups in total. The minimum Gasteiger partial charge on any atom is -0.496 e. The van der Waals surface area contributed by atoms with E-state index < -0.39 is 0 Å². The van der Waals surface area contributed by atoms with E-state index in [1.807, 2.05) is 12.1 Å². The molecule has 3 aromatic rings. The van der Waals surface area contributed by atoms with Gasteiger partial charge in [0, 0.05) is 36.1 Å². The highest BCUT2D eigenvalue weighted by Crippen LogP contribution is 2.58. The van der Waals surface area contributed by atoms with Crippen molar-refractivity contribution in [2.24, 2.45) is 0 Å². The summed E-state index contributed by atoms with van der Waals surface area (Å²) < 4.78 is 8.04. The molecule has 2 aromatic carbocycles. The Morgan fingerprint density at radius 2 is 1.71 bits per heavy atom. The summed E-state index contributed by atoms with van der Waals surface area (Å²) in [4.78, 5) is 0. The molecule has 24 heavy (non-hydrogen) atoms. The molecule has 2 heterocycles. The molecule has 0 amide bonds. The molecule has 0 bridgehead atoms. The molecule has 0 spiro atoms. The van der Waals surface area contributed by atoms with Crippen LogP contribution in [0.25, 0.3) is 22.4 Å². The zero-order chi connectivity index (χ0) is 16.3. The minimum absolute atomic E-state index is 0.210. The Balaban J connectivity index is 1.73. The van der Waals surface area contributed by atoms with Crippen LogP contribution in [0.2, 0.25) is 0 Å². The van der Waals surface area contributed by atoms with Crippen LogP contribution in [0.4, 0.5) is 0 Å². The lowest BCUT2D eigenvalue weighted by molar-refractivity contribution is -0.727. The Hall–Kier alpha value is -2.61. The van der Waals surface area contributed by atoms with Gasteiger partial charge in [0.25, 0.3) is 0 Å². The predicted octanol–water partition coefficient (Wildman–Crippen LogP) is 4.53. The van der Waals surface area contributed by atoms with Crippen molar-refractivity contribution in [2.45, 2.75) is 24.8 Å². The third-order valence-electron chi connectivity index (χ3n) is 5.74. The lowest BCUT2D eigenvalue weighted by atomic mass is 9.92. The maximum Gasteiger partial charge on any atom is 0.213 e. The van der Waals surface area contributed by atoms with Crippen LogP contribution in [0.15, 0.2) is 66.9 Å². The van der Waals surface area contributed by atoms with E-state index in [1.165, 1.54) is 28.8 Å². The highest BCUT2D eigenvalue weighted by Gasteiger charge is 2.63.